The zero-order valence-corrected chi connectivity index (χ0v) is 12.8. The molecule has 1 aliphatic carbocycles. The van der Waals surface area contributed by atoms with Crippen molar-refractivity contribution in [3.05, 3.63) is 71.3 Å². The minimum absolute atomic E-state index is 0.189. The number of amides is 1. The second kappa shape index (κ2) is 5.25. The third-order valence-electron chi connectivity index (χ3n) is 4.33. The summed E-state index contributed by atoms with van der Waals surface area (Å²) in [6, 6.07) is 16.0. The van der Waals surface area contributed by atoms with Crippen LogP contribution in [0.25, 0.3) is 0 Å². The van der Waals surface area contributed by atoms with E-state index in [0.717, 1.165) is 5.56 Å². The summed E-state index contributed by atoms with van der Waals surface area (Å²) in [7, 11) is -3.76. The van der Waals surface area contributed by atoms with E-state index in [0.29, 0.717) is 17.5 Å². The minimum Gasteiger partial charge on any atom is -0.368 e. The van der Waals surface area contributed by atoms with Crippen molar-refractivity contribution in [2.75, 3.05) is 0 Å². The van der Waals surface area contributed by atoms with Gasteiger partial charge in [-0.25, -0.2) is 8.42 Å². The predicted octanol–water partition coefficient (Wildman–Crippen LogP) is 1.93. The standard InChI is InChI=1S/C17H17NO3S/c18-16(19)17(11-10-14-8-4-5-9-15(14)17)22(20,21)12-13-6-2-1-3-7-13/h1-9H,10-12H2,(H2,18,19). The number of sulfone groups is 1. The molecule has 0 fully saturated rings. The largest absolute Gasteiger partial charge is 0.368 e. The summed E-state index contributed by atoms with van der Waals surface area (Å²) >= 11 is 0. The van der Waals surface area contributed by atoms with Crippen LogP contribution in [0.4, 0.5) is 0 Å². The Hall–Kier alpha value is -2.14. The molecule has 2 N–H and O–H groups in total. The number of aryl methyl sites for hydroxylation is 1. The topological polar surface area (TPSA) is 77.2 Å². The van der Waals surface area contributed by atoms with Crippen LogP contribution in [-0.4, -0.2) is 14.3 Å². The lowest BCUT2D eigenvalue weighted by atomic mass is 10.00. The Morgan fingerprint density at radius 2 is 1.68 bits per heavy atom. The van der Waals surface area contributed by atoms with Crippen molar-refractivity contribution in [3.8, 4) is 0 Å². The molecule has 0 aliphatic heterocycles. The lowest BCUT2D eigenvalue weighted by Crippen LogP contribution is -2.46. The van der Waals surface area contributed by atoms with E-state index in [2.05, 4.69) is 0 Å². The molecule has 22 heavy (non-hydrogen) atoms. The number of carbonyl (C=O) groups is 1. The summed E-state index contributed by atoms with van der Waals surface area (Å²) in [5.74, 6) is -0.973. The van der Waals surface area contributed by atoms with Gasteiger partial charge >= 0.3 is 0 Å². The van der Waals surface area contributed by atoms with Gasteiger partial charge in [0.15, 0.2) is 14.6 Å². The Morgan fingerprint density at radius 3 is 2.36 bits per heavy atom. The van der Waals surface area contributed by atoms with Crippen molar-refractivity contribution in [2.45, 2.75) is 23.3 Å². The Balaban J connectivity index is 2.12. The molecule has 114 valence electrons. The molecule has 0 spiro atoms. The normalized spacial score (nSPS) is 20.5. The van der Waals surface area contributed by atoms with Gasteiger partial charge in [0, 0.05) is 0 Å². The van der Waals surface area contributed by atoms with E-state index in [1.807, 2.05) is 18.2 Å². The lowest BCUT2D eigenvalue weighted by molar-refractivity contribution is -0.120. The predicted molar refractivity (Wildman–Crippen MR) is 84.7 cm³/mol. The van der Waals surface area contributed by atoms with E-state index in [9.17, 15) is 13.2 Å². The first kappa shape index (κ1) is 14.8. The summed E-state index contributed by atoms with van der Waals surface area (Å²) < 4.78 is 24.4. The van der Waals surface area contributed by atoms with Crippen LogP contribution in [0.1, 0.15) is 23.1 Å². The van der Waals surface area contributed by atoms with E-state index in [4.69, 9.17) is 5.73 Å². The Bertz CT molecular complexity index is 815. The molecule has 5 heteroatoms. The molecule has 0 radical (unpaired) electrons. The van der Waals surface area contributed by atoms with Gasteiger partial charge in [0.2, 0.25) is 5.91 Å². The SMILES string of the molecule is NC(=O)C1(S(=O)(=O)Cc2ccccc2)CCc2ccccc21. The van der Waals surface area contributed by atoms with Gasteiger partial charge < -0.3 is 5.73 Å². The molecule has 3 rings (SSSR count). The van der Waals surface area contributed by atoms with Crippen LogP contribution in [0.5, 0.6) is 0 Å². The monoisotopic (exact) mass is 315 g/mol. The molecule has 0 saturated carbocycles. The van der Waals surface area contributed by atoms with E-state index >= 15 is 0 Å². The fraction of sp³-hybridized carbons (Fsp3) is 0.235. The van der Waals surface area contributed by atoms with Crippen molar-refractivity contribution in [3.63, 3.8) is 0 Å². The summed E-state index contributed by atoms with van der Waals surface area (Å²) in [4.78, 5) is 12.2. The third kappa shape index (κ3) is 2.13. The maximum Gasteiger partial charge on any atom is 0.243 e. The van der Waals surface area contributed by atoms with E-state index in [1.165, 1.54) is 0 Å². The van der Waals surface area contributed by atoms with Crippen LogP contribution in [0.3, 0.4) is 0 Å². The molecule has 2 aromatic carbocycles. The maximum absolute atomic E-state index is 13.0. The van der Waals surface area contributed by atoms with Crippen LogP contribution >= 0.6 is 0 Å². The van der Waals surface area contributed by atoms with Gasteiger partial charge in [-0.2, -0.15) is 0 Å². The van der Waals surface area contributed by atoms with Crippen LogP contribution in [-0.2, 0) is 31.6 Å². The smallest absolute Gasteiger partial charge is 0.243 e. The number of rotatable bonds is 4. The van der Waals surface area contributed by atoms with E-state index < -0.39 is 20.5 Å². The Morgan fingerprint density at radius 1 is 1.05 bits per heavy atom. The fourth-order valence-electron chi connectivity index (χ4n) is 3.23. The van der Waals surface area contributed by atoms with Crippen LogP contribution in [0.15, 0.2) is 54.6 Å². The molecule has 0 saturated heterocycles. The highest BCUT2D eigenvalue weighted by atomic mass is 32.2. The molecule has 4 nitrogen and oxygen atoms in total. The third-order valence-corrected chi connectivity index (χ3v) is 6.73. The second-order valence-electron chi connectivity index (χ2n) is 5.59. The average Bonchev–Trinajstić information content (AvgIpc) is 2.89. The molecule has 1 aliphatic rings. The van der Waals surface area contributed by atoms with E-state index in [-0.39, 0.29) is 12.2 Å². The molecule has 2 aromatic rings. The molecular formula is C17H17NO3S. The number of hydrogen-bond donors (Lipinski definition) is 1. The summed E-state index contributed by atoms with van der Waals surface area (Å²) in [6.07, 6.45) is 0.768. The van der Waals surface area contributed by atoms with Crippen molar-refractivity contribution in [1.82, 2.24) is 0 Å². The quantitative estimate of drug-likeness (QED) is 0.936. The Kier molecular flexibility index (Phi) is 3.53. The lowest BCUT2D eigenvalue weighted by Gasteiger charge is -2.26. The summed E-state index contributed by atoms with van der Waals surface area (Å²) in [6.45, 7) is 0. The maximum atomic E-state index is 13.0. The summed E-state index contributed by atoms with van der Waals surface area (Å²) in [5, 5.41) is 0. The molecule has 0 bridgehead atoms. The van der Waals surface area contributed by atoms with Crippen molar-refractivity contribution < 1.29 is 13.2 Å². The molecule has 0 aromatic heterocycles. The van der Waals surface area contributed by atoms with E-state index in [1.54, 1.807) is 36.4 Å². The number of primary amides is 1. The van der Waals surface area contributed by atoms with Crippen LogP contribution in [0, 0.1) is 0 Å². The minimum atomic E-state index is -3.76. The zero-order chi connectivity index (χ0) is 15.8. The molecule has 1 unspecified atom stereocenters. The van der Waals surface area contributed by atoms with Gasteiger partial charge in [-0.1, -0.05) is 54.6 Å². The first-order valence-corrected chi connectivity index (χ1v) is 8.77. The Labute approximate surface area is 129 Å². The van der Waals surface area contributed by atoms with Crippen LogP contribution < -0.4 is 5.73 Å². The van der Waals surface area contributed by atoms with Crippen molar-refractivity contribution in [1.29, 1.82) is 0 Å². The van der Waals surface area contributed by atoms with Crippen molar-refractivity contribution in [2.24, 2.45) is 5.73 Å². The molecule has 1 atom stereocenters. The van der Waals surface area contributed by atoms with Crippen LogP contribution in [0.2, 0.25) is 0 Å². The number of hydrogen-bond acceptors (Lipinski definition) is 3. The first-order chi connectivity index (χ1) is 10.5. The van der Waals surface area contributed by atoms with Crippen molar-refractivity contribution >= 4 is 15.7 Å². The first-order valence-electron chi connectivity index (χ1n) is 7.12. The number of nitrogens with two attached hydrogens (primary N) is 1. The molecular weight excluding hydrogens is 298 g/mol. The molecule has 0 heterocycles. The average molecular weight is 315 g/mol. The fourth-order valence-corrected chi connectivity index (χ4v) is 5.36. The highest BCUT2D eigenvalue weighted by Crippen LogP contribution is 2.44. The van der Waals surface area contributed by atoms with Gasteiger partial charge in [0.05, 0.1) is 5.75 Å². The van der Waals surface area contributed by atoms with Gasteiger partial charge in [-0.15, -0.1) is 0 Å². The number of fused-ring (bicyclic) bond motifs is 1. The molecule has 1 amide bonds. The number of carbonyl (C=O) groups excluding carboxylic acids is 1. The highest BCUT2D eigenvalue weighted by Gasteiger charge is 2.54. The zero-order valence-electron chi connectivity index (χ0n) is 12.0. The number of benzene rings is 2. The second-order valence-corrected chi connectivity index (χ2v) is 7.81. The van der Waals surface area contributed by atoms with Gasteiger partial charge in [0.1, 0.15) is 0 Å². The van der Waals surface area contributed by atoms with Gasteiger partial charge in [-0.05, 0) is 29.5 Å². The van der Waals surface area contributed by atoms with Gasteiger partial charge in [-0.3, -0.25) is 4.79 Å². The van der Waals surface area contributed by atoms with Gasteiger partial charge in [0.25, 0.3) is 0 Å². The summed E-state index contributed by atoms with van der Waals surface area (Å²) in [5.41, 5.74) is 7.66. The highest BCUT2D eigenvalue weighted by molar-refractivity contribution is 7.92.